The smallest absolute Gasteiger partial charge is 0.416 e. The molecule has 1 heterocycles. The fourth-order valence-corrected chi connectivity index (χ4v) is 2.98. The Kier molecular flexibility index (Phi) is 5.18. The number of hydrazone groups is 1. The van der Waals surface area contributed by atoms with E-state index in [1.54, 1.807) is 6.07 Å². The molecule has 0 saturated carbocycles. The maximum absolute atomic E-state index is 12.5. The Morgan fingerprint density at radius 2 is 1.77 bits per heavy atom. The summed E-state index contributed by atoms with van der Waals surface area (Å²) in [6.07, 6.45) is -2.89. The molecular weight excluding hydrogens is 409 g/mol. The van der Waals surface area contributed by atoms with E-state index in [2.05, 4.69) is 26.5 Å². The predicted molar refractivity (Wildman–Crippen MR) is 99.2 cm³/mol. The molecule has 0 atom stereocenters. The van der Waals surface area contributed by atoms with Crippen molar-refractivity contribution in [2.24, 2.45) is 5.10 Å². The van der Waals surface area contributed by atoms with E-state index in [4.69, 9.17) is 4.42 Å². The minimum atomic E-state index is -4.35. The van der Waals surface area contributed by atoms with Crippen molar-refractivity contribution in [3.8, 4) is 11.3 Å². The van der Waals surface area contributed by atoms with Crippen molar-refractivity contribution < 1.29 is 17.6 Å². The molecule has 1 aromatic heterocycles. The van der Waals surface area contributed by atoms with Crippen LogP contribution >= 0.6 is 15.9 Å². The number of halogens is 4. The summed E-state index contributed by atoms with van der Waals surface area (Å²) < 4.78 is 44.2. The van der Waals surface area contributed by atoms with Crippen LogP contribution in [0.4, 0.5) is 18.9 Å². The van der Waals surface area contributed by atoms with Crippen molar-refractivity contribution in [3.05, 3.63) is 76.0 Å². The molecule has 134 valence electrons. The number of furan rings is 1. The highest BCUT2D eigenvalue weighted by Crippen LogP contribution is 2.31. The number of rotatable bonds is 4. The van der Waals surface area contributed by atoms with E-state index < -0.39 is 11.7 Å². The zero-order chi connectivity index (χ0) is 18.7. The molecule has 3 rings (SSSR count). The van der Waals surface area contributed by atoms with Gasteiger partial charge in [-0.05, 0) is 61.0 Å². The Hall–Kier alpha value is -2.54. The second kappa shape index (κ2) is 7.37. The van der Waals surface area contributed by atoms with Crippen LogP contribution < -0.4 is 5.43 Å². The van der Waals surface area contributed by atoms with E-state index in [0.717, 1.165) is 27.7 Å². The lowest BCUT2D eigenvalue weighted by Crippen LogP contribution is -2.04. The van der Waals surface area contributed by atoms with Gasteiger partial charge < -0.3 is 4.42 Å². The minimum Gasteiger partial charge on any atom is -0.455 e. The van der Waals surface area contributed by atoms with E-state index in [9.17, 15) is 13.2 Å². The summed E-state index contributed by atoms with van der Waals surface area (Å²) in [5, 5.41) is 3.99. The number of nitrogens with zero attached hydrogens (tertiary/aromatic N) is 1. The Balaban J connectivity index is 1.67. The molecule has 1 N–H and O–H groups in total. The lowest BCUT2D eigenvalue weighted by Gasteiger charge is -2.06. The van der Waals surface area contributed by atoms with Crippen LogP contribution in [-0.4, -0.2) is 6.21 Å². The molecule has 0 radical (unpaired) electrons. The van der Waals surface area contributed by atoms with Gasteiger partial charge in [-0.25, -0.2) is 0 Å². The first-order valence-electron chi connectivity index (χ1n) is 7.65. The van der Waals surface area contributed by atoms with Crippen molar-refractivity contribution in [1.29, 1.82) is 0 Å². The van der Waals surface area contributed by atoms with Crippen LogP contribution in [0.3, 0.4) is 0 Å². The Morgan fingerprint density at radius 1 is 1.04 bits per heavy atom. The van der Waals surface area contributed by atoms with Gasteiger partial charge in [-0.15, -0.1) is 0 Å². The number of nitrogens with one attached hydrogen (secondary N) is 1. The zero-order valence-corrected chi connectivity index (χ0v) is 15.2. The third-order valence-electron chi connectivity index (χ3n) is 3.61. The molecule has 0 bridgehead atoms. The number of hydrogen-bond acceptors (Lipinski definition) is 3. The lowest BCUT2D eigenvalue weighted by molar-refractivity contribution is -0.137. The highest BCUT2D eigenvalue weighted by Gasteiger charge is 2.29. The second-order valence-electron chi connectivity index (χ2n) is 5.63. The van der Waals surface area contributed by atoms with Gasteiger partial charge in [0.25, 0.3) is 0 Å². The van der Waals surface area contributed by atoms with Gasteiger partial charge in [0.15, 0.2) is 0 Å². The summed E-state index contributed by atoms with van der Waals surface area (Å²) >= 11 is 3.51. The van der Waals surface area contributed by atoms with Gasteiger partial charge in [0.2, 0.25) is 0 Å². The fraction of sp³-hybridized carbons (Fsp3) is 0.105. The fourth-order valence-electron chi connectivity index (χ4n) is 2.29. The first-order chi connectivity index (χ1) is 12.3. The first kappa shape index (κ1) is 18.3. The molecule has 0 spiro atoms. The van der Waals surface area contributed by atoms with Crippen LogP contribution in [-0.2, 0) is 6.18 Å². The largest absolute Gasteiger partial charge is 0.455 e. The monoisotopic (exact) mass is 422 g/mol. The Labute approximate surface area is 156 Å². The van der Waals surface area contributed by atoms with Crippen LogP contribution in [0.5, 0.6) is 0 Å². The number of benzene rings is 2. The van der Waals surface area contributed by atoms with Gasteiger partial charge in [-0.1, -0.05) is 22.0 Å². The molecule has 3 aromatic rings. The third-order valence-corrected chi connectivity index (χ3v) is 4.27. The van der Waals surface area contributed by atoms with Crippen LogP contribution in [0.25, 0.3) is 11.3 Å². The number of hydrogen-bond donors (Lipinski definition) is 1. The normalized spacial score (nSPS) is 11.9. The van der Waals surface area contributed by atoms with Crippen molar-refractivity contribution in [2.75, 3.05) is 5.43 Å². The molecule has 2 aromatic carbocycles. The van der Waals surface area contributed by atoms with Crippen molar-refractivity contribution in [1.82, 2.24) is 0 Å². The van der Waals surface area contributed by atoms with Crippen LogP contribution in [0, 0.1) is 6.92 Å². The van der Waals surface area contributed by atoms with E-state index >= 15 is 0 Å². The van der Waals surface area contributed by atoms with Crippen LogP contribution in [0.2, 0.25) is 0 Å². The Morgan fingerprint density at radius 3 is 2.42 bits per heavy atom. The van der Waals surface area contributed by atoms with Crippen LogP contribution in [0.1, 0.15) is 16.9 Å². The van der Waals surface area contributed by atoms with Crippen molar-refractivity contribution >= 4 is 27.8 Å². The molecule has 0 unspecified atom stereocenters. The lowest BCUT2D eigenvalue weighted by atomic mass is 10.1. The first-order valence-corrected chi connectivity index (χ1v) is 8.45. The highest BCUT2D eigenvalue weighted by molar-refractivity contribution is 9.10. The molecule has 0 aliphatic carbocycles. The summed E-state index contributed by atoms with van der Waals surface area (Å²) in [6, 6.07) is 14.2. The van der Waals surface area contributed by atoms with E-state index in [1.807, 2.05) is 31.2 Å². The molecule has 26 heavy (non-hydrogen) atoms. The molecule has 0 saturated heterocycles. The summed E-state index contributed by atoms with van der Waals surface area (Å²) in [6.45, 7) is 2.00. The number of aryl methyl sites for hydroxylation is 1. The maximum atomic E-state index is 12.5. The highest BCUT2D eigenvalue weighted by atomic mass is 79.9. The van der Waals surface area contributed by atoms with E-state index in [-0.39, 0.29) is 0 Å². The minimum absolute atomic E-state index is 0.447. The van der Waals surface area contributed by atoms with Gasteiger partial charge >= 0.3 is 6.18 Å². The molecule has 0 aliphatic rings. The quantitative estimate of drug-likeness (QED) is 0.385. The summed E-state index contributed by atoms with van der Waals surface area (Å²) in [5.41, 5.74) is 4.47. The van der Waals surface area contributed by atoms with Gasteiger partial charge in [-0.2, -0.15) is 18.3 Å². The molecule has 7 heteroatoms. The van der Waals surface area contributed by atoms with Crippen molar-refractivity contribution in [3.63, 3.8) is 0 Å². The summed E-state index contributed by atoms with van der Waals surface area (Å²) in [4.78, 5) is 0. The molecule has 3 nitrogen and oxygen atoms in total. The van der Waals surface area contributed by atoms with Gasteiger partial charge in [0, 0.05) is 10.0 Å². The maximum Gasteiger partial charge on any atom is 0.416 e. The van der Waals surface area contributed by atoms with Crippen LogP contribution in [0.15, 0.2) is 68.6 Å². The molecule has 0 amide bonds. The molecule has 0 aliphatic heterocycles. The predicted octanol–water partition coefficient (Wildman–Crippen LogP) is 6.48. The van der Waals surface area contributed by atoms with Crippen molar-refractivity contribution in [2.45, 2.75) is 13.1 Å². The summed E-state index contributed by atoms with van der Waals surface area (Å²) in [5.74, 6) is 1.21. The standard InChI is InChI=1S/C19H14BrF3N2O/c1-12-2-8-16(17(20)10-12)18-9-7-15(26-18)11-24-25-14-5-3-13(4-6-14)19(21,22)23/h2-11,25H,1H3/b24-11-. The number of anilines is 1. The van der Waals surface area contributed by atoms with Gasteiger partial charge in [0.1, 0.15) is 11.5 Å². The average molecular weight is 423 g/mol. The SMILES string of the molecule is Cc1ccc(-c2ccc(/C=N\Nc3ccc(C(F)(F)F)cc3)o2)c(Br)c1. The number of alkyl halides is 3. The average Bonchev–Trinajstić information content (AvgIpc) is 3.03. The topological polar surface area (TPSA) is 37.5 Å². The van der Waals surface area contributed by atoms with Gasteiger partial charge in [-0.3, -0.25) is 5.43 Å². The molecular formula is C19H14BrF3N2O. The molecule has 0 fully saturated rings. The Bertz CT molecular complexity index is 931. The third kappa shape index (κ3) is 4.35. The van der Waals surface area contributed by atoms with E-state index in [0.29, 0.717) is 17.2 Å². The second-order valence-corrected chi connectivity index (χ2v) is 6.48. The van der Waals surface area contributed by atoms with Gasteiger partial charge in [0.05, 0.1) is 17.5 Å². The van der Waals surface area contributed by atoms with E-state index in [1.165, 1.54) is 18.3 Å². The zero-order valence-electron chi connectivity index (χ0n) is 13.6. The summed E-state index contributed by atoms with van der Waals surface area (Å²) in [7, 11) is 0.